The number of aromatic nitrogens is 1. The molecular weight excluding hydrogens is 276 g/mol. The third-order valence-corrected chi connectivity index (χ3v) is 4.47. The zero-order chi connectivity index (χ0) is 13.8. The van der Waals surface area contributed by atoms with Crippen LogP contribution in [0.3, 0.4) is 0 Å². The third-order valence-electron chi connectivity index (χ3n) is 2.69. The number of carbonyl (C=O) groups is 1. The number of thiazole rings is 1. The predicted octanol–water partition coefficient (Wildman–Crippen LogP) is 4.55. The largest absolute Gasteiger partial charge is 0.302 e. The topological polar surface area (TPSA) is 42.0 Å². The number of aryl methyl sites for hydroxylation is 1. The van der Waals surface area contributed by atoms with Gasteiger partial charge in [-0.15, -0.1) is 22.7 Å². The highest BCUT2D eigenvalue weighted by Gasteiger charge is 2.09. The van der Waals surface area contributed by atoms with Crippen LogP contribution in [-0.4, -0.2) is 10.9 Å². The summed E-state index contributed by atoms with van der Waals surface area (Å²) in [6.45, 7) is 6.32. The Kier molecular flexibility index (Phi) is 4.71. The van der Waals surface area contributed by atoms with Gasteiger partial charge in [0.2, 0.25) is 5.91 Å². The number of carbonyl (C=O) groups excluding carboxylic acids is 1. The lowest BCUT2D eigenvalue weighted by atomic mass is 10.1. The van der Waals surface area contributed by atoms with E-state index in [2.05, 4.69) is 43.2 Å². The first-order valence-corrected chi connectivity index (χ1v) is 8.06. The molecule has 0 aliphatic carbocycles. The van der Waals surface area contributed by atoms with Gasteiger partial charge >= 0.3 is 0 Å². The average Bonchev–Trinajstić information content (AvgIpc) is 2.95. The number of thiophene rings is 1. The molecule has 0 atom stereocenters. The molecule has 0 radical (unpaired) electrons. The van der Waals surface area contributed by atoms with Crippen LogP contribution in [0.25, 0.3) is 10.6 Å². The number of hydrogen-bond acceptors (Lipinski definition) is 4. The van der Waals surface area contributed by atoms with E-state index in [1.807, 2.05) is 5.38 Å². The van der Waals surface area contributed by atoms with Gasteiger partial charge in [0.25, 0.3) is 0 Å². The minimum atomic E-state index is 0.0527. The second-order valence-electron chi connectivity index (χ2n) is 4.93. The molecule has 2 rings (SSSR count). The molecule has 2 aromatic rings. The van der Waals surface area contributed by atoms with Crippen molar-refractivity contribution in [3.63, 3.8) is 0 Å². The highest BCUT2D eigenvalue weighted by atomic mass is 32.1. The molecule has 3 nitrogen and oxygen atoms in total. The van der Waals surface area contributed by atoms with E-state index in [0.29, 0.717) is 17.5 Å². The number of nitrogens with zero attached hydrogens (tertiary/aromatic N) is 1. The van der Waals surface area contributed by atoms with E-state index in [1.54, 1.807) is 11.3 Å². The van der Waals surface area contributed by atoms with Crippen LogP contribution in [-0.2, 0) is 4.79 Å². The maximum absolute atomic E-state index is 11.7. The van der Waals surface area contributed by atoms with Gasteiger partial charge in [-0.05, 0) is 31.4 Å². The van der Waals surface area contributed by atoms with Gasteiger partial charge in [0.1, 0.15) is 0 Å². The van der Waals surface area contributed by atoms with Crippen LogP contribution in [0.4, 0.5) is 5.13 Å². The molecule has 0 unspecified atom stereocenters. The maximum Gasteiger partial charge on any atom is 0.226 e. The Morgan fingerprint density at radius 3 is 2.84 bits per heavy atom. The molecule has 2 heterocycles. The molecule has 102 valence electrons. The van der Waals surface area contributed by atoms with Crippen LogP contribution < -0.4 is 5.32 Å². The van der Waals surface area contributed by atoms with Crippen molar-refractivity contribution in [1.82, 2.24) is 4.98 Å². The molecule has 0 bridgehead atoms. The fourth-order valence-corrected chi connectivity index (χ4v) is 3.25. The molecule has 0 aliphatic rings. The Balaban J connectivity index is 1.96. The number of nitrogens with one attached hydrogen (secondary N) is 1. The van der Waals surface area contributed by atoms with E-state index in [1.165, 1.54) is 16.2 Å². The van der Waals surface area contributed by atoms with Crippen molar-refractivity contribution in [2.75, 3.05) is 5.32 Å². The van der Waals surface area contributed by atoms with Crippen molar-refractivity contribution in [2.45, 2.75) is 33.6 Å². The molecule has 19 heavy (non-hydrogen) atoms. The van der Waals surface area contributed by atoms with E-state index in [0.717, 1.165) is 17.0 Å². The normalized spacial score (nSPS) is 10.9. The van der Waals surface area contributed by atoms with Crippen molar-refractivity contribution >= 4 is 33.7 Å². The van der Waals surface area contributed by atoms with Gasteiger partial charge in [0.05, 0.1) is 10.6 Å². The Hall–Kier alpha value is -1.20. The first-order chi connectivity index (χ1) is 9.04. The lowest BCUT2D eigenvalue weighted by Gasteiger charge is -2.03. The molecule has 0 saturated heterocycles. The van der Waals surface area contributed by atoms with Crippen molar-refractivity contribution in [1.29, 1.82) is 0 Å². The first kappa shape index (κ1) is 14.2. The Morgan fingerprint density at radius 2 is 2.21 bits per heavy atom. The first-order valence-electron chi connectivity index (χ1n) is 6.37. The van der Waals surface area contributed by atoms with E-state index in [9.17, 15) is 4.79 Å². The van der Waals surface area contributed by atoms with Crippen LogP contribution in [0.5, 0.6) is 0 Å². The summed E-state index contributed by atoms with van der Waals surface area (Å²) >= 11 is 3.20. The highest BCUT2D eigenvalue weighted by molar-refractivity contribution is 7.17. The van der Waals surface area contributed by atoms with Crippen LogP contribution in [0.1, 0.15) is 31.6 Å². The summed E-state index contributed by atoms with van der Waals surface area (Å²) in [7, 11) is 0. The number of hydrogen-bond donors (Lipinski definition) is 1. The van der Waals surface area contributed by atoms with E-state index in [4.69, 9.17) is 0 Å². The fourth-order valence-electron chi connectivity index (χ4n) is 1.62. The van der Waals surface area contributed by atoms with Crippen LogP contribution in [0.2, 0.25) is 0 Å². The molecular formula is C14H18N2OS2. The second kappa shape index (κ2) is 6.30. The molecule has 5 heteroatoms. The fraction of sp³-hybridized carbons (Fsp3) is 0.429. The summed E-state index contributed by atoms with van der Waals surface area (Å²) < 4.78 is 0. The Bertz CT molecular complexity index is 557. The van der Waals surface area contributed by atoms with Gasteiger partial charge in [-0.2, -0.15) is 0 Å². The van der Waals surface area contributed by atoms with Crippen molar-refractivity contribution in [3.8, 4) is 10.6 Å². The van der Waals surface area contributed by atoms with E-state index in [-0.39, 0.29) is 5.91 Å². The minimum absolute atomic E-state index is 0.0527. The quantitative estimate of drug-likeness (QED) is 0.878. The zero-order valence-electron chi connectivity index (χ0n) is 11.4. The van der Waals surface area contributed by atoms with Crippen molar-refractivity contribution in [3.05, 3.63) is 22.4 Å². The summed E-state index contributed by atoms with van der Waals surface area (Å²) in [6, 6.07) is 4.15. The van der Waals surface area contributed by atoms with Crippen LogP contribution in [0.15, 0.2) is 17.5 Å². The molecule has 0 aliphatic heterocycles. The molecule has 0 aromatic carbocycles. The van der Waals surface area contributed by atoms with Gasteiger partial charge in [-0.3, -0.25) is 4.79 Å². The molecule has 1 N–H and O–H groups in total. The maximum atomic E-state index is 11.7. The van der Waals surface area contributed by atoms with Crippen LogP contribution >= 0.6 is 22.7 Å². The number of anilines is 1. The van der Waals surface area contributed by atoms with Gasteiger partial charge in [-0.1, -0.05) is 13.8 Å². The predicted molar refractivity (Wildman–Crippen MR) is 82.9 cm³/mol. The molecule has 0 fully saturated rings. The van der Waals surface area contributed by atoms with Gasteiger partial charge in [-0.25, -0.2) is 4.98 Å². The number of rotatable bonds is 5. The smallest absolute Gasteiger partial charge is 0.226 e. The van der Waals surface area contributed by atoms with Gasteiger partial charge < -0.3 is 5.32 Å². The third kappa shape index (κ3) is 4.14. The lowest BCUT2D eigenvalue weighted by molar-refractivity contribution is -0.116. The van der Waals surface area contributed by atoms with E-state index >= 15 is 0 Å². The summed E-state index contributed by atoms with van der Waals surface area (Å²) in [5.74, 6) is 0.601. The van der Waals surface area contributed by atoms with Gasteiger partial charge in [0, 0.05) is 16.7 Å². The summed E-state index contributed by atoms with van der Waals surface area (Å²) in [4.78, 5) is 18.6. The molecule has 2 aromatic heterocycles. The SMILES string of the molecule is Cc1ccc(-c2csc(NC(=O)CCC(C)C)n2)s1. The lowest BCUT2D eigenvalue weighted by Crippen LogP contribution is -2.11. The van der Waals surface area contributed by atoms with Gasteiger partial charge in [0.15, 0.2) is 5.13 Å². The van der Waals surface area contributed by atoms with Crippen LogP contribution in [0, 0.1) is 12.8 Å². The van der Waals surface area contributed by atoms with E-state index < -0.39 is 0 Å². The standard InChI is InChI=1S/C14H18N2OS2/c1-9(2)4-7-13(17)16-14-15-11(8-18-14)12-6-5-10(3)19-12/h5-6,8-9H,4,7H2,1-3H3,(H,15,16,17). The molecule has 0 spiro atoms. The Labute approximate surface area is 121 Å². The average molecular weight is 294 g/mol. The zero-order valence-corrected chi connectivity index (χ0v) is 13.0. The monoisotopic (exact) mass is 294 g/mol. The molecule has 1 amide bonds. The Morgan fingerprint density at radius 1 is 1.42 bits per heavy atom. The summed E-state index contributed by atoms with van der Waals surface area (Å²) in [5, 5.41) is 5.55. The van der Waals surface area contributed by atoms with Crippen molar-refractivity contribution < 1.29 is 4.79 Å². The van der Waals surface area contributed by atoms with Crippen molar-refractivity contribution in [2.24, 2.45) is 5.92 Å². The summed E-state index contributed by atoms with van der Waals surface area (Å²) in [6.07, 6.45) is 1.47. The number of amides is 1. The highest BCUT2D eigenvalue weighted by Crippen LogP contribution is 2.30. The summed E-state index contributed by atoms with van der Waals surface area (Å²) in [5.41, 5.74) is 0.947. The molecule has 0 saturated carbocycles. The second-order valence-corrected chi connectivity index (χ2v) is 7.07. The minimum Gasteiger partial charge on any atom is -0.302 e.